The van der Waals surface area contributed by atoms with E-state index in [1.54, 1.807) is 15.9 Å². The molecule has 33 heavy (non-hydrogen) atoms. The van der Waals surface area contributed by atoms with Crippen molar-refractivity contribution >= 4 is 39.2 Å². The third kappa shape index (κ3) is 4.74. The van der Waals surface area contributed by atoms with Crippen LogP contribution in [0.5, 0.6) is 0 Å². The molecule has 1 saturated heterocycles. The summed E-state index contributed by atoms with van der Waals surface area (Å²) < 4.78 is 1.72. The molecule has 0 saturated carbocycles. The second-order valence-electron chi connectivity index (χ2n) is 8.90. The number of hydrogen-bond acceptors (Lipinski definition) is 6. The zero-order valence-electron chi connectivity index (χ0n) is 19.1. The van der Waals surface area contributed by atoms with Crippen LogP contribution in [0.2, 0.25) is 0 Å². The van der Waals surface area contributed by atoms with Gasteiger partial charge in [0.2, 0.25) is 5.91 Å². The third-order valence-corrected chi connectivity index (χ3v) is 8.72. The fourth-order valence-corrected chi connectivity index (χ4v) is 6.99. The van der Waals surface area contributed by atoms with Crippen LogP contribution in [0, 0.1) is 6.92 Å². The van der Waals surface area contributed by atoms with Crippen molar-refractivity contribution in [2.45, 2.75) is 50.6 Å². The molecule has 3 heterocycles. The fourth-order valence-electron chi connectivity index (χ4n) is 4.85. The van der Waals surface area contributed by atoms with Gasteiger partial charge in [-0.1, -0.05) is 30.0 Å². The Balaban J connectivity index is 1.43. The molecule has 1 aliphatic carbocycles. The first-order chi connectivity index (χ1) is 16.1. The molecule has 2 aromatic heterocycles. The number of thioether (sulfide) groups is 1. The van der Waals surface area contributed by atoms with Gasteiger partial charge >= 0.3 is 0 Å². The molecule has 0 radical (unpaired) electrons. The number of benzene rings is 1. The van der Waals surface area contributed by atoms with E-state index >= 15 is 0 Å². The van der Waals surface area contributed by atoms with Crippen molar-refractivity contribution in [3.63, 3.8) is 0 Å². The molecule has 1 N–H and O–H groups in total. The van der Waals surface area contributed by atoms with Gasteiger partial charge in [-0.05, 0) is 75.7 Å². The maximum atomic E-state index is 13.8. The van der Waals surface area contributed by atoms with Crippen LogP contribution in [0.15, 0.2) is 34.2 Å². The fraction of sp³-hybridized carbons (Fsp3) is 0.480. The first-order valence-corrected chi connectivity index (χ1v) is 13.7. The number of aromatic nitrogens is 2. The molecule has 174 valence electrons. The predicted octanol–water partition coefficient (Wildman–Crippen LogP) is 3.94. The molecule has 1 fully saturated rings. The van der Waals surface area contributed by atoms with E-state index in [1.807, 2.05) is 31.2 Å². The largest absolute Gasteiger partial charge is 0.354 e. The first-order valence-electron chi connectivity index (χ1n) is 11.9. The van der Waals surface area contributed by atoms with Gasteiger partial charge in [-0.25, -0.2) is 4.98 Å². The van der Waals surface area contributed by atoms with E-state index in [9.17, 15) is 9.59 Å². The maximum absolute atomic E-state index is 13.8. The Kier molecular flexibility index (Phi) is 6.85. The molecule has 1 aromatic carbocycles. The van der Waals surface area contributed by atoms with Crippen LogP contribution in [-0.2, 0) is 17.6 Å². The topological polar surface area (TPSA) is 67.2 Å². The van der Waals surface area contributed by atoms with Crippen molar-refractivity contribution < 1.29 is 4.79 Å². The number of fused-ring (bicyclic) bond motifs is 3. The maximum Gasteiger partial charge on any atom is 0.267 e. The zero-order valence-corrected chi connectivity index (χ0v) is 20.7. The number of nitrogens with one attached hydrogen (secondary N) is 1. The number of para-hydroxylation sites is 1. The van der Waals surface area contributed by atoms with Gasteiger partial charge in [0, 0.05) is 18.0 Å². The lowest BCUT2D eigenvalue weighted by Gasteiger charge is -2.16. The summed E-state index contributed by atoms with van der Waals surface area (Å²) in [5, 5.41) is 4.40. The highest BCUT2D eigenvalue weighted by Crippen LogP contribution is 2.35. The lowest BCUT2D eigenvalue weighted by molar-refractivity contribution is -0.118. The number of carbonyl (C=O) groups excluding carboxylic acids is 1. The Bertz CT molecular complexity index is 1230. The van der Waals surface area contributed by atoms with E-state index in [0.29, 0.717) is 11.7 Å². The van der Waals surface area contributed by atoms with Crippen molar-refractivity contribution in [1.82, 2.24) is 19.8 Å². The molecule has 2 aliphatic rings. The minimum Gasteiger partial charge on any atom is -0.354 e. The van der Waals surface area contributed by atoms with E-state index in [-0.39, 0.29) is 17.2 Å². The number of rotatable bonds is 7. The normalized spacial score (nSPS) is 16.3. The summed E-state index contributed by atoms with van der Waals surface area (Å²) in [6.07, 6.45) is 6.77. The molecular formula is C25H30N4O2S2. The van der Waals surface area contributed by atoms with E-state index in [0.717, 1.165) is 60.4 Å². The number of likely N-dealkylation sites (tertiary alicyclic amines) is 1. The zero-order chi connectivity index (χ0) is 22.8. The van der Waals surface area contributed by atoms with Gasteiger partial charge in [0.15, 0.2) is 5.16 Å². The smallest absolute Gasteiger partial charge is 0.267 e. The van der Waals surface area contributed by atoms with Crippen LogP contribution >= 0.6 is 23.1 Å². The van der Waals surface area contributed by atoms with E-state index in [4.69, 9.17) is 4.98 Å². The lowest BCUT2D eigenvalue weighted by atomic mass is 9.97. The number of carbonyl (C=O) groups is 1. The Morgan fingerprint density at radius 2 is 1.94 bits per heavy atom. The standard InChI is InChI=1S/C25H30N4O2S2/c1-17-8-2-4-10-19(17)29-24(31)22-18-9-3-5-11-20(18)33-23(22)27-25(29)32-16-21(30)26-12-15-28-13-6-7-14-28/h2,4,8,10H,3,5-7,9,11-16H2,1H3,(H,26,30). The lowest BCUT2D eigenvalue weighted by Crippen LogP contribution is -2.34. The van der Waals surface area contributed by atoms with Crippen molar-refractivity contribution in [2.75, 3.05) is 31.9 Å². The van der Waals surface area contributed by atoms with Crippen LogP contribution in [-0.4, -0.2) is 52.3 Å². The van der Waals surface area contributed by atoms with Crippen LogP contribution in [0.4, 0.5) is 0 Å². The van der Waals surface area contributed by atoms with Gasteiger partial charge in [0.05, 0.1) is 16.8 Å². The van der Waals surface area contributed by atoms with Crippen molar-refractivity contribution in [3.8, 4) is 5.69 Å². The highest BCUT2D eigenvalue weighted by Gasteiger charge is 2.23. The molecule has 0 unspecified atom stereocenters. The minimum atomic E-state index is -0.0182. The summed E-state index contributed by atoms with van der Waals surface area (Å²) in [6.45, 7) is 5.82. The molecule has 8 heteroatoms. The number of hydrogen-bond donors (Lipinski definition) is 1. The highest BCUT2D eigenvalue weighted by atomic mass is 32.2. The summed E-state index contributed by atoms with van der Waals surface area (Å²) in [5.41, 5.74) is 3.04. The SMILES string of the molecule is Cc1ccccc1-n1c(SCC(=O)NCCN2CCCC2)nc2sc3c(c2c1=O)CCCC3. The molecule has 5 rings (SSSR count). The van der Waals surface area contributed by atoms with Crippen LogP contribution in [0.3, 0.4) is 0 Å². The Morgan fingerprint density at radius 1 is 1.15 bits per heavy atom. The van der Waals surface area contributed by atoms with E-state index < -0.39 is 0 Å². The minimum absolute atomic E-state index is 0.00867. The molecule has 0 spiro atoms. The Hall–Kier alpha value is -2.16. The number of aryl methyl sites for hydroxylation is 3. The van der Waals surface area contributed by atoms with Crippen molar-refractivity contribution in [3.05, 3.63) is 50.6 Å². The van der Waals surface area contributed by atoms with Crippen LogP contribution < -0.4 is 10.9 Å². The Morgan fingerprint density at radius 3 is 2.76 bits per heavy atom. The summed E-state index contributed by atoms with van der Waals surface area (Å²) in [5.74, 6) is 0.227. The van der Waals surface area contributed by atoms with Gasteiger partial charge in [0.1, 0.15) is 4.83 Å². The highest BCUT2D eigenvalue weighted by molar-refractivity contribution is 7.99. The van der Waals surface area contributed by atoms with Gasteiger partial charge in [0.25, 0.3) is 5.56 Å². The summed E-state index contributed by atoms with van der Waals surface area (Å²) in [7, 11) is 0. The first kappa shape index (κ1) is 22.6. The third-order valence-electron chi connectivity index (χ3n) is 6.60. The monoisotopic (exact) mass is 482 g/mol. The summed E-state index contributed by atoms with van der Waals surface area (Å²) in [6, 6.07) is 7.89. The number of thiophene rings is 1. The van der Waals surface area contributed by atoms with Gasteiger partial charge in [-0.3, -0.25) is 14.2 Å². The summed E-state index contributed by atoms with van der Waals surface area (Å²) >= 11 is 3.00. The molecule has 3 aromatic rings. The second-order valence-corrected chi connectivity index (χ2v) is 10.9. The summed E-state index contributed by atoms with van der Waals surface area (Å²) in [4.78, 5) is 35.8. The van der Waals surface area contributed by atoms with Crippen LogP contribution in [0.1, 0.15) is 41.7 Å². The molecular weight excluding hydrogens is 452 g/mol. The quantitative estimate of drug-likeness (QED) is 0.408. The van der Waals surface area contributed by atoms with Crippen LogP contribution in [0.25, 0.3) is 15.9 Å². The molecule has 1 aliphatic heterocycles. The van der Waals surface area contributed by atoms with E-state index in [2.05, 4.69) is 10.2 Å². The number of amides is 1. The number of nitrogens with zero attached hydrogens (tertiary/aromatic N) is 3. The van der Waals surface area contributed by atoms with Crippen molar-refractivity contribution in [1.29, 1.82) is 0 Å². The van der Waals surface area contributed by atoms with Crippen molar-refractivity contribution in [2.24, 2.45) is 0 Å². The molecule has 1 amide bonds. The molecule has 6 nitrogen and oxygen atoms in total. The van der Waals surface area contributed by atoms with Gasteiger partial charge in [-0.15, -0.1) is 11.3 Å². The van der Waals surface area contributed by atoms with Gasteiger partial charge < -0.3 is 10.2 Å². The Labute approximate surface area is 202 Å². The average molecular weight is 483 g/mol. The average Bonchev–Trinajstić information content (AvgIpc) is 3.46. The predicted molar refractivity (Wildman–Crippen MR) is 136 cm³/mol. The molecule has 0 bridgehead atoms. The van der Waals surface area contributed by atoms with E-state index in [1.165, 1.54) is 41.5 Å². The molecule has 0 atom stereocenters. The van der Waals surface area contributed by atoms with Gasteiger partial charge in [-0.2, -0.15) is 0 Å². The second kappa shape index (κ2) is 9.99.